The number of hydrogen-bond donors (Lipinski definition) is 1. The van der Waals surface area contributed by atoms with Gasteiger partial charge in [0.15, 0.2) is 0 Å². The third-order valence-electron chi connectivity index (χ3n) is 4.52. The highest BCUT2D eigenvalue weighted by atomic mass is 127. The zero-order valence-electron chi connectivity index (χ0n) is 16.9. The van der Waals surface area contributed by atoms with Gasteiger partial charge in [-0.15, -0.1) is 0 Å². The van der Waals surface area contributed by atoms with Crippen LogP contribution in [-0.2, 0) is 24.2 Å². The second kappa shape index (κ2) is 11.8. The van der Waals surface area contributed by atoms with E-state index in [-0.39, 0.29) is 5.91 Å². The summed E-state index contributed by atoms with van der Waals surface area (Å²) in [7, 11) is 0. The van der Waals surface area contributed by atoms with Gasteiger partial charge in [0.25, 0.3) is 0 Å². The minimum Gasteiger partial charge on any atom is -0.487 e. The van der Waals surface area contributed by atoms with Crippen molar-refractivity contribution >= 4 is 68.9 Å². The maximum Gasteiger partial charge on any atom is 0.244 e. The predicted octanol–water partition coefficient (Wildman–Crippen LogP) is 6.38. The summed E-state index contributed by atoms with van der Waals surface area (Å²) in [4.78, 5) is 12.1. The molecule has 1 amide bonds. The maximum atomic E-state index is 12.1. The molecule has 0 radical (unpaired) electrons. The highest BCUT2D eigenvalue weighted by Crippen LogP contribution is 2.29. The number of nitrogens with one attached hydrogen (secondary N) is 1. The van der Waals surface area contributed by atoms with Crippen LogP contribution in [0.2, 0.25) is 5.02 Å². The molecule has 0 saturated heterocycles. The molecule has 0 atom stereocenters. The van der Waals surface area contributed by atoms with E-state index in [9.17, 15) is 4.79 Å². The summed E-state index contributed by atoms with van der Waals surface area (Å²) < 4.78 is 7.95. The lowest BCUT2D eigenvalue weighted by atomic mass is 10.1. The monoisotopic (exact) mass is 658 g/mol. The Hall–Kier alpha value is -1.65. The summed E-state index contributed by atoms with van der Waals surface area (Å²) in [6, 6.07) is 19.6. The molecule has 0 aliphatic heterocycles. The summed E-state index contributed by atoms with van der Waals surface area (Å²) in [5, 5.41) is 4.81. The maximum absolute atomic E-state index is 12.1. The van der Waals surface area contributed by atoms with E-state index in [1.54, 1.807) is 6.21 Å². The number of benzene rings is 3. The first-order chi connectivity index (χ1) is 14.9. The molecule has 160 valence electrons. The number of hydrazone groups is 1. The van der Waals surface area contributed by atoms with Crippen LogP contribution in [0.5, 0.6) is 5.75 Å². The van der Waals surface area contributed by atoms with Gasteiger partial charge >= 0.3 is 0 Å². The lowest BCUT2D eigenvalue weighted by Gasteiger charge is -2.11. The van der Waals surface area contributed by atoms with Crippen molar-refractivity contribution in [3.8, 4) is 5.75 Å². The van der Waals surface area contributed by atoms with Gasteiger partial charge in [-0.2, -0.15) is 5.10 Å². The number of aryl methyl sites for hydroxylation is 1. The van der Waals surface area contributed by atoms with Gasteiger partial charge < -0.3 is 4.74 Å². The van der Waals surface area contributed by atoms with E-state index in [1.165, 1.54) is 5.56 Å². The molecule has 0 aliphatic carbocycles. The minimum atomic E-state index is -0.146. The quantitative estimate of drug-likeness (QED) is 0.174. The van der Waals surface area contributed by atoms with Gasteiger partial charge in [0.2, 0.25) is 5.91 Å². The van der Waals surface area contributed by atoms with Crippen LogP contribution >= 0.6 is 56.8 Å². The number of nitrogens with zero attached hydrogens (tertiary/aromatic N) is 1. The Morgan fingerprint density at radius 2 is 1.58 bits per heavy atom. The largest absolute Gasteiger partial charge is 0.487 e. The predicted molar refractivity (Wildman–Crippen MR) is 143 cm³/mol. The Morgan fingerprint density at radius 1 is 1.00 bits per heavy atom. The molecule has 3 aromatic carbocycles. The van der Waals surface area contributed by atoms with E-state index in [0.29, 0.717) is 18.1 Å². The lowest BCUT2D eigenvalue weighted by molar-refractivity contribution is -0.120. The highest BCUT2D eigenvalue weighted by Gasteiger charge is 2.09. The van der Waals surface area contributed by atoms with Crippen LogP contribution in [0.4, 0.5) is 0 Å². The second-order valence-corrected chi connectivity index (χ2v) is 9.63. The normalized spacial score (nSPS) is 11.0. The van der Waals surface area contributed by atoms with E-state index >= 15 is 0 Å². The third kappa shape index (κ3) is 7.47. The van der Waals surface area contributed by atoms with Crippen molar-refractivity contribution in [2.24, 2.45) is 5.10 Å². The number of rotatable bonds is 8. The molecule has 0 aliphatic rings. The molecular weight excluding hydrogens is 638 g/mol. The molecule has 1 N–H and O–H groups in total. The fourth-order valence-corrected chi connectivity index (χ4v) is 5.08. The number of ether oxygens (including phenoxy) is 1. The zero-order valence-corrected chi connectivity index (χ0v) is 21.9. The van der Waals surface area contributed by atoms with Gasteiger partial charge in [-0.3, -0.25) is 4.79 Å². The van der Waals surface area contributed by atoms with Crippen LogP contribution in [0.15, 0.2) is 65.8 Å². The van der Waals surface area contributed by atoms with E-state index in [0.717, 1.165) is 36.0 Å². The first-order valence-electron chi connectivity index (χ1n) is 9.70. The Labute approximate surface area is 214 Å². The molecular formula is C24H21ClI2N2O2. The van der Waals surface area contributed by atoms with Crippen molar-refractivity contribution in [2.75, 3.05) is 0 Å². The van der Waals surface area contributed by atoms with Crippen molar-refractivity contribution in [1.82, 2.24) is 5.43 Å². The Morgan fingerprint density at radius 3 is 2.19 bits per heavy atom. The number of amides is 1. The van der Waals surface area contributed by atoms with Gasteiger partial charge in [-0.05, 0) is 98.1 Å². The standard InChI is InChI=1S/C24H21ClI2N2O2/c1-2-16-3-5-17(6-4-16)13-23(30)29-28-14-19-11-21(26)24(22(27)12-19)31-15-18-7-9-20(25)10-8-18/h3-12,14H,2,13,15H2,1H3,(H,29,30)/b28-14+. The average molecular weight is 659 g/mol. The van der Waals surface area contributed by atoms with Gasteiger partial charge in [0.1, 0.15) is 12.4 Å². The second-order valence-electron chi connectivity index (χ2n) is 6.87. The van der Waals surface area contributed by atoms with Crippen molar-refractivity contribution in [3.63, 3.8) is 0 Å². The van der Waals surface area contributed by atoms with E-state index < -0.39 is 0 Å². The molecule has 0 aromatic heterocycles. The Balaban J connectivity index is 1.56. The van der Waals surface area contributed by atoms with E-state index in [4.69, 9.17) is 16.3 Å². The van der Waals surface area contributed by atoms with Crippen molar-refractivity contribution in [1.29, 1.82) is 0 Å². The number of halogens is 3. The summed E-state index contributed by atoms with van der Waals surface area (Å²) in [5.74, 6) is 0.681. The fourth-order valence-electron chi connectivity index (χ4n) is 2.82. The van der Waals surface area contributed by atoms with Gasteiger partial charge in [-0.1, -0.05) is 54.9 Å². The smallest absolute Gasteiger partial charge is 0.244 e. The van der Waals surface area contributed by atoms with Crippen molar-refractivity contribution in [3.05, 3.63) is 95.1 Å². The number of carbonyl (C=O) groups excluding carboxylic acids is 1. The molecule has 7 heteroatoms. The summed E-state index contributed by atoms with van der Waals surface area (Å²) in [6.45, 7) is 2.57. The van der Waals surface area contributed by atoms with Crippen molar-refractivity contribution < 1.29 is 9.53 Å². The van der Waals surface area contributed by atoms with Crippen LogP contribution in [0.25, 0.3) is 0 Å². The fraction of sp³-hybridized carbons (Fsp3) is 0.167. The van der Waals surface area contributed by atoms with Crippen molar-refractivity contribution in [2.45, 2.75) is 26.4 Å². The molecule has 0 heterocycles. The summed E-state index contributed by atoms with van der Waals surface area (Å²) in [5.41, 5.74) is 6.76. The molecule has 0 spiro atoms. The van der Waals surface area contributed by atoms with Crippen LogP contribution in [0, 0.1) is 7.14 Å². The number of hydrogen-bond acceptors (Lipinski definition) is 3. The summed E-state index contributed by atoms with van der Waals surface area (Å²) in [6.07, 6.45) is 2.93. The highest BCUT2D eigenvalue weighted by molar-refractivity contribution is 14.1. The first-order valence-corrected chi connectivity index (χ1v) is 12.2. The Bertz CT molecular complexity index is 1040. The molecule has 0 bridgehead atoms. The van der Waals surface area contributed by atoms with E-state index in [2.05, 4.69) is 62.6 Å². The molecule has 3 aromatic rings. The van der Waals surface area contributed by atoms with Crippen LogP contribution in [0.3, 0.4) is 0 Å². The van der Waals surface area contributed by atoms with E-state index in [1.807, 2.05) is 60.7 Å². The topological polar surface area (TPSA) is 50.7 Å². The number of carbonyl (C=O) groups is 1. The first kappa shape index (κ1) is 24.0. The molecule has 0 fully saturated rings. The van der Waals surface area contributed by atoms with Crippen LogP contribution in [0.1, 0.15) is 29.2 Å². The lowest BCUT2D eigenvalue weighted by Crippen LogP contribution is -2.19. The average Bonchev–Trinajstić information content (AvgIpc) is 2.75. The Kier molecular flexibility index (Phi) is 9.15. The SMILES string of the molecule is CCc1ccc(CC(=O)N/N=C/c2cc(I)c(OCc3ccc(Cl)cc3)c(I)c2)cc1. The zero-order chi connectivity index (χ0) is 22.2. The molecule has 31 heavy (non-hydrogen) atoms. The third-order valence-corrected chi connectivity index (χ3v) is 6.37. The van der Waals surface area contributed by atoms with Gasteiger partial charge in [0, 0.05) is 5.02 Å². The molecule has 3 rings (SSSR count). The van der Waals surface area contributed by atoms with Gasteiger partial charge in [-0.25, -0.2) is 5.43 Å². The van der Waals surface area contributed by atoms with Gasteiger partial charge in [0.05, 0.1) is 19.8 Å². The summed E-state index contributed by atoms with van der Waals surface area (Å²) >= 11 is 10.4. The van der Waals surface area contributed by atoms with Crippen LogP contribution in [-0.4, -0.2) is 12.1 Å². The molecule has 4 nitrogen and oxygen atoms in total. The molecule has 0 unspecified atom stereocenters. The molecule has 0 saturated carbocycles. The minimum absolute atomic E-state index is 0.146. The van der Waals surface area contributed by atoms with Crippen LogP contribution < -0.4 is 10.2 Å².